The third-order valence-electron chi connectivity index (χ3n) is 7.60. The molecule has 2 aromatic heterocycles. The number of likely N-dealkylation sites (tertiary alicyclic amines) is 1. The van der Waals surface area contributed by atoms with Crippen LogP contribution in [0, 0.1) is 17.8 Å². The first-order valence-electron chi connectivity index (χ1n) is 10.6. The molecular weight excluding hydrogens is 364 g/mol. The normalized spacial score (nSPS) is 26.9. The van der Waals surface area contributed by atoms with Gasteiger partial charge in [0.15, 0.2) is 0 Å². The van der Waals surface area contributed by atoms with Crippen molar-refractivity contribution in [3.8, 4) is 17.1 Å². The van der Waals surface area contributed by atoms with Crippen LogP contribution in [0.25, 0.3) is 22.4 Å². The Morgan fingerprint density at radius 3 is 2.90 bits per heavy atom. The van der Waals surface area contributed by atoms with Gasteiger partial charge in [0.25, 0.3) is 5.91 Å². The molecule has 1 unspecified atom stereocenters. The number of ether oxygens (including phenoxy) is 1. The van der Waals surface area contributed by atoms with Crippen LogP contribution in [0.2, 0.25) is 0 Å². The van der Waals surface area contributed by atoms with Crippen molar-refractivity contribution in [2.45, 2.75) is 32.2 Å². The van der Waals surface area contributed by atoms with Gasteiger partial charge in [-0.25, -0.2) is 4.98 Å². The lowest BCUT2D eigenvalue weighted by Crippen LogP contribution is -2.53. The molecule has 6 heteroatoms. The average molecular weight is 390 g/mol. The number of hydrogen-bond acceptors (Lipinski definition) is 3. The van der Waals surface area contributed by atoms with Crippen molar-refractivity contribution in [2.75, 3.05) is 13.7 Å². The minimum absolute atomic E-state index is 0.131. The summed E-state index contributed by atoms with van der Waals surface area (Å²) in [6, 6.07) is 6.35. The summed E-state index contributed by atoms with van der Waals surface area (Å²) in [5, 5.41) is 0. The highest BCUT2D eigenvalue weighted by Crippen LogP contribution is 2.60. The number of nitrogens with one attached hydrogen (secondary N) is 1. The number of imidazole rings is 1. The van der Waals surface area contributed by atoms with Gasteiger partial charge in [-0.05, 0) is 55.2 Å². The Morgan fingerprint density at radius 2 is 2.17 bits per heavy atom. The number of aromatic nitrogens is 3. The quantitative estimate of drug-likeness (QED) is 0.740. The number of fused-ring (bicyclic) bond motifs is 1. The zero-order valence-corrected chi connectivity index (χ0v) is 17.1. The van der Waals surface area contributed by atoms with Crippen LogP contribution in [0.3, 0.4) is 0 Å². The lowest BCUT2D eigenvalue weighted by atomic mass is 9.53. The summed E-state index contributed by atoms with van der Waals surface area (Å²) in [5.74, 6) is 4.11. The van der Waals surface area contributed by atoms with Crippen molar-refractivity contribution >= 4 is 16.9 Å². The summed E-state index contributed by atoms with van der Waals surface area (Å²) < 4.78 is 7.77. The number of H-pyrrole nitrogens is 1. The molecule has 2 aliphatic carbocycles. The second kappa shape index (κ2) is 5.88. The molecule has 0 bridgehead atoms. The molecular formula is C23H26N4O2. The number of aromatic amines is 1. The van der Waals surface area contributed by atoms with Gasteiger partial charge in [-0.15, -0.1) is 0 Å². The van der Waals surface area contributed by atoms with Crippen molar-refractivity contribution < 1.29 is 9.53 Å². The lowest BCUT2D eigenvalue weighted by molar-refractivity contribution is -0.0204. The predicted molar refractivity (Wildman–Crippen MR) is 111 cm³/mol. The van der Waals surface area contributed by atoms with Crippen LogP contribution in [0.5, 0.6) is 5.75 Å². The highest BCUT2D eigenvalue weighted by atomic mass is 16.5. The highest BCUT2D eigenvalue weighted by molar-refractivity contribution is 6.00. The summed E-state index contributed by atoms with van der Waals surface area (Å²) in [6.07, 6.45) is 5.36. The molecule has 4 atom stereocenters. The monoisotopic (exact) mass is 390 g/mol. The summed E-state index contributed by atoms with van der Waals surface area (Å²) >= 11 is 0. The number of carbonyl (C=O) groups excluding carboxylic acids is 1. The van der Waals surface area contributed by atoms with Gasteiger partial charge < -0.3 is 19.2 Å². The summed E-state index contributed by atoms with van der Waals surface area (Å²) in [6.45, 7) is 3.05. The molecule has 3 heterocycles. The van der Waals surface area contributed by atoms with Crippen molar-refractivity contribution in [1.82, 2.24) is 19.4 Å². The van der Waals surface area contributed by atoms with E-state index in [4.69, 9.17) is 9.72 Å². The van der Waals surface area contributed by atoms with Gasteiger partial charge in [0.1, 0.15) is 17.1 Å². The first kappa shape index (κ1) is 17.1. The molecule has 1 aromatic carbocycles. The highest BCUT2D eigenvalue weighted by Gasteiger charge is 2.61. The molecule has 0 radical (unpaired) electrons. The summed E-state index contributed by atoms with van der Waals surface area (Å²) in [4.78, 5) is 23.7. The van der Waals surface area contributed by atoms with Crippen LogP contribution in [-0.2, 0) is 13.5 Å². The van der Waals surface area contributed by atoms with E-state index in [1.165, 1.54) is 12.8 Å². The number of amides is 1. The van der Waals surface area contributed by atoms with E-state index in [1.54, 1.807) is 7.11 Å². The van der Waals surface area contributed by atoms with Crippen LogP contribution in [0.4, 0.5) is 0 Å². The predicted octanol–water partition coefficient (Wildman–Crippen LogP) is 3.62. The van der Waals surface area contributed by atoms with E-state index in [0.717, 1.165) is 58.8 Å². The summed E-state index contributed by atoms with van der Waals surface area (Å²) in [5.41, 5.74) is 4.67. The first-order valence-corrected chi connectivity index (χ1v) is 10.6. The van der Waals surface area contributed by atoms with Gasteiger partial charge in [-0.3, -0.25) is 4.79 Å². The topological polar surface area (TPSA) is 63.1 Å². The maximum Gasteiger partial charge on any atom is 0.254 e. The van der Waals surface area contributed by atoms with Crippen LogP contribution in [-0.4, -0.2) is 45.0 Å². The molecule has 1 N–H and O–H groups in total. The smallest absolute Gasteiger partial charge is 0.254 e. The van der Waals surface area contributed by atoms with Crippen LogP contribution in [0.15, 0.2) is 24.4 Å². The van der Waals surface area contributed by atoms with E-state index < -0.39 is 0 Å². The fraction of sp³-hybridized carbons (Fsp3) is 0.478. The van der Waals surface area contributed by atoms with E-state index in [2.05, 4.69) is 27.4 Å². The molecule has 6 nitrogen and oxygen atoms in total. The van der Waals surface area contributed by atoms with E-state index in [1.807, 2.05) is 25.4 Å². The zero-order chi connectivity index (χ0) is 19.9. The van der Waals surface area contributed by atoms with Gasteiger partial charge in [0.2, 0.25) is 0 Å². The van der Waals surface area contributed by atoms with Crippen molar-refractivity contribution in [1.29, 1.82) is 0 Å². The van der Waals surface area contributed by atoms with Crippen molar-refractivity contribution in [2.24, 2.45) is 24.8 Å². The van der Waals surface area contributed by atoms with E-state index in [9.17, 15) is 4.79 Å². The standard InChI is InChI=1S/C23H26N4O2/c1-4-16-15(5-6-24-16)22-25-17-8-13(10-19(29-3)21(17)26(22)2)23(28)27-11-14-7-12-9-18(27)20(12)14/h5-6,8,10,12,14,18,20,24H,4,7,9,11H2,1-3H3/t12?,14-,18-,20-/m1/s1. The Morgan fingerprint density at radius 1 is 1.31 bits per heavy atom. The van der Waals surface area contributed by atoms with E-state index in [-0.39, 0.29) is 5.91 Å². The molecule has 1 aliphatic heterocycles. The van der Waals surface area contributed by atoms with Crippen molar-refractivity contribution in [3.05, 3.63) is 35.7 Å². The molecule has 2 saturated carbocycles. The molecule has 150 valence electrons. The van der Waals surface area contributed by atoms with Gasteiger partial charge in [0.05, 0.1) is 12.6 Å². The maximum atomic E-state index is 13.4. The molecule has 3 aliphatic rings. The Kier molecular flexibility index (Phi) is 3.47. The molecule has 1 amide bonds. The Hall–Kier alpha value is -2.76. The van der Waals surface area contributed by atoms with Gasteiger partial charge in [0, 0.05) is 42.7 Å². The number of hydrogen-bond donors (Lipinski definition) is 1. The molecule has 3 aromatic rings. The average Bonchev–Trinajstić information content (AvgIpc) is 3.31. The minimum Gasteiger partial charge on any atom is -0.494 e. The number of aryl methyl sites for hydroxylation is 2. The number of nitrogens with zero attached hydrogens (tertiary/aromatic N) is 3. The fourth-order valence-corrected chi connectivity index (χ4v) is 6.10. The third-order valence-corrected chi connectivity index (χ3v) is 7.60. The lowest BCUT2D eigenvalue weighted by Gasteiger charge is -2.52. The number of rotatable bonds is 4. The molecule has 1 saturated heterocycles. The molecule has 0 spiro atoms. The number of carbonyl (C=O) groups is 1. The zero-order valence-electron chi connectivity index (χ0n) is 17.1. The van der Waals surface area contributed by atoms with Gasteiger partial charge in [-0.1, -0.05) is 6.92 Å². The Labute approximate surface area is 169 Å². The summed E-state index contributed by atoms with van der Waals surface area (Å²) in [7, 11) is 3.67. The molecule has 29 heavy (non-hydrogen) atoms. The minimum atomic E-state index is 0.131. The largest absolute Gasteiger partial charge is 0.494 e. The maximum absolute atomic E-state index is 13.4. The third kappa shape index (κ3) is 2.17. The van der Waals surface area contributed by atoms with E-state index in [0.29, 0.717) is 17.4 Å². The van der Waals surface area contributed by atoms with Crippen LogP contribution < -0.4 is 4.74 Å². The Balaban J connectivity index is 1.43. The second-order valence-corrected chi connectivity index (χ2v) is 8.86. The second-order valence-electron chi connectivity index (χ2n) is 8.86. The number of methoxy groups -OCH3 is 1. The first-order chi connectivity index (χ1) is 14.1. The van der Waals surface area contributed by atoms with Crippen LogP contribution >= 0.6 is 0 Å². The fourth-order valence-electron chi connectivity index (χ4n) is 6.10. The van der Waals surface area contributed by atoms with Gasteiger partial charge >= 0.3 is 0 Å². The van der Waals surface area contributed by atoms with Crippen LogP contribution in [0.1, 0.15) is 35.8 Å². The van der Waals surface area contributed by atoms with Gasteiger partial charge in [-0.2, -0.15) is 0 Å². The van der Waals surface area contributed by atoms with Crippen molar-refractivity contribution in [3.63, 3.8) is 0 Å². The SMILES string of the molecule is CCc1[nH]ccc1-c1nc2cc(C(=O)N3C[C@H]4CC5C[C@@H]3[C@H]54)cc(OC)c2n1C. The van der Waals surface area contributed by atoms with E-state index >= 15 is 0 Å². The molecule has 6 rings (SSSR count). The molecule has 3 fully saturated rings. The number of benzene rings is 1. The Bertz CT molecular complexity index is 1140.